The fourth-order valence-corrected chi connectivity index (χ4v) is 2.42. The SMILES string of the molecule is N/C(=N/O)c1ccnc(N2CCN(C3CC3)CC2)n1. The van der Waals surface area contributed by atoms with Crippen LogP contribution in [0.2, 0.25) is 0 Å². The normalized spacial score (nSPS) is 21.7. The summed E-state index contributed by atoms with van der Waals surface area (Å²) >= 11 is 0. The second kappa shape index (κ2) is 5.00. The molecule has 1 aliphatic heterocycles. The highest BCUT2D eigenvalue weighted by atomic mass is 16.4. The molecule has 0 unspecified atom stereocenters. The van der Waals surface area contributed by atoms with E-state index in [1.165, 1.54) is 12.8 Å². The van der Waals surface area contributed by atoms with Crippen LogP contribution in [0.4, 0.5) is 5.95 Å². The van der Waals surface area contributed by atoms with E-state index >= 15 is 0 Å². The van der Waals surface area contributed by atoms with Crippen LogP contribution in [-0.2, 0) is 0 Å². The highest BCUT2D eigenvalue weighted by molar-refractivity contribution is 5.95. The maximum Gasteiger partial charge on any atom is 0.226 e. The molecule has 1 aliphatic carbocycles. The molecule has 2 heterocycles. The summed E-state index contributed by atoms with van der Waals surface area (Å²) in [5.41, 5.74) is 6.00. The lowest BCUT2D eigenvalue weighted by atomic mass is 10.3. The zero-order valence-corrected chi connectivity index (χ0v) is 10.7. The molecule has 0 amide bonds. The molecular weight excluding hydrogens is 244 g/mol. The number of anilines is 1. The first-order chi connectivity index (χ1) is 9.28. The van der Waals surface area contributed by atoms with Crippen LogP contribution in [0.5, 0.6) is 0 Å². The average Bonchev–Trinajstić information content (AvgIpc) is 3.31. The van der Waals surface area contributed by atoms with Crippen LogP contribution in [0.1, 0.15) is 18.5 Å². The minimum Gasteiger partial charge on any atom is -0.409 e. The molecule has 2 aliphatic rings. The minimum atomic E-state index is 0.0141. The molecule has 3 rings (SSSR count). The van der Waals surface area contributed by atoms with Crippen molar-refractivity contribution in [1.82, 2.24) is 14.9 Å². The highest BCUT2D eigenvalue weighted by Crippen LogP contribution is 2.27. The van der Waals surface area contributed by atoms with Crippen molar-refractivity contribution in [2.45, 2.75) is 18.9 Å². The largest absolute Gasteiger partial charge is 0.409 e. The van der Waals surface area contributed by atoms with Crippen molar-refractivity contribution < 1.29 is 5.21 Å². The lowest BCUT2D eigenvalue weighted by molar-refractivity contribution is 0.247. The van der Waals surface area contributed by atoms with E-state index in [0.717, 1.165) is 32.2 Å². The number of rotatable bonds is 3. The number of nitrogens with zero attached hydrogens (tertiary/aromatic N) is 5. The van der Waals surface area contributed by atoms with Crippen molar-refractivity contribution in [3.63, 3.8) is 0 Å². The Labute approximate surface area is 111 Å². The van der Waals surface area contributed by atoms with Gasteiger partial charge >= 0.3 is 0 Å². The van der Waals surface area contributed by atoms with E-state index in [0.29, 0.717) is 11.6 Å². The van der Waals surface area contributed by atoms with Gasteiger partial charge in [-0.05, 0) is 18.9 Å². The number of aromatic nitrogens is 2. The van der Waals surface area contributed by atoms with Crippen LogP contribution < -0.4 is 10.6 Å². The van der Waals surface area contributed by atoms with Gasteiger partial charge in [-0.2, -0.15) is 0 Å². The zero-order chi connectivity index (χ0) is 13.2. The first-order valence-electron chi connectivity index (χ1n) is 6.58. The zero-order valence-electron chi connectivity index (χ0n) is 10.7. The molecule has 0 spiro atoms. The Bertz CT molecular complexity index is 479. The fourth-order valence-electron chi connectivity index (χ4n) is 2.42. The summed E-state index contributed by atoms with van der Waals surface area (Å²) < 4.78 is 0. The molecule has 19 heavy (non-hydrogen) atoms. The number of hydrogen-bond acceptors (Lipinski definition) is 6. The average molecular weight is 262 g/mol. The van der Waals surface area contributed by atoms with Gasteiger partial charge in [0.25, 0.3) is 0 Å². The fraction of sp³-hybridized carbons (Fsp3) is 0.583. The van der Waals surface area contributed by atoms with E-state index < -0.39 is 0 Å². The predicted octanol–water partition coefficient (Wildman–Crippen LogP) is -0.145. The second-order valence-electron chi connectivity index (χ2n) is 4.98. The number of hydrogen-bond donors (Lipinski definition) is 2. The Morgan fingerprint density at radius 1 is 1.32 bits per heavy atom. The summed E-state index contributed by atoms with van der Waals surface area (Å²) in [6.45, 7) is 3.97. The summed E-state index contributed by atoms with van der Waals surface area (Å²) in [6.07, 6.45) is 4.33. The third-order valence-corrected chi connectivity index (χ3v) is 3.67. The Morgan fingerprint density at radius 2 is 2.05 bits per heavy atom. The highest BCUT2D eigenvalue weighted by Gasteiger charge is 2.31. The summed E-state index contributed by atoms with van der Waals surface area (Å²) in [5, 5.41) is 11.6. The lowest BCUT2D eigenvalue weighted by Crippen LogP contribution is -2.47. The molecule has 0 bridgehead atoms. The third kappa shape index (κ3) is 2.60. The molecule has 1 aromatic heterocycles. The third-order valence-electron chi connectivity index (χ3n) is 3.67. The van der Waals surface area contributed by atoms with E-state index in [1.807, 2.05) is 0 Å². The number of nitrogens with two attached hydrogens (primary N) is 1. The Balaban J connectivity index is 1.69. The molecule has 0 aromatic carbocycles. The molecule has 1 aromatic rings. The van der Waals surface area contributed by atoms with Gasteiger partial charge in [-0.1, -0.05) is 5.16 Å². The summed E-state index contributed by atoms with van der Waals surface area (Å²) in [4.78, 5) is 13.3. The first kappa shape index (κ1) is 12.2. The van der Waals surface area contributed by atoms with Crippen LogP contribution in [0.25, 0.3) is 0 Å². The predicted molar refractivity (Wildman–Crippen MR) is 71.4 cm³/mol. The summed E-state index contributed by atoms with van der Waals surface area (Å²) in [7, 11) is 0. The summed E-state index contributed by atoms with van der Waals surface area (Å²) in [6, 6.07) is 2.45. The molecule has 2 fully saturated rings. The molecule has 7 heteroatoms. The monoisotopic (exact) mass is 262 g/mol. The minimum absolute atomic E-state index is 0.0141. The molecule has 1 saturated carbocycles. The van der Waals surface area contributed by atoms with Crippen LogP contribution in [0.3, 0.4) is 0 Å². The van der Waals surface area contributed by atoms with Crippen LogP contribution >= 0.6 is 0 Å². The van der Waals surface area contributed by atoms with Crippen molar-refractivity contribution in [2.75, 3.05) is 31.1 Å². The Morgan fingerprint density at radius 3 is 2.68 bits per heavy atom. The molecule has 1 saturated heterocycles. The van der Waals surface area contributed by atoms with E-state index in [2.05, 4.69) is 24.9 Å². The van der Waals surface area contributed by atoms with Gasteiger partial charge in [0.1, 0.15) is 5.69 Å². The Hall–Kier alpha value is -1.89. The number of oxime groups is 1. The van der Waals surface area contributed by atoms with Gasteiger partial charge in [-0.25, -0.2) is 9.97 Å². The van der Waals surface area contributed by atoms with Crippen LogP contribution in [0, 0.1) is 0 Å². The van der Waals surface area contributed by atoms with Crippen molar-refractivity contribution >= 4 is 11.8 Å². The van der Waals surface area contributed by atoms with Gasteiger partial charge in [-0.15, -0.1) is 0 Å². The molecule has 7 nitrogen and oxygen atoms in total. The standard InChI is InChI=1S/C12H18N6O/c13-11(16-19)10-3-4-14-12(15-10)18-7-5-17(6-8-18)9-1-2-9/h3-4,9,19H,1-2,5-8H2,(H2,13,16). The van der Waals surface area contributed by atoms with E-state index in [9.17, 15) is 0 Å². The van der Waals surface area contributed by atoms with Gasteiger partial charge in [0.2, 0.25) is 5.95 Å². The maximum atomic E-state index is 8.67. The van der Waals surface area contributed by atoms with Gasteiger partial charge < -0.3 is 15.8 Å². The Kier molecular flexibility index (Phi) is 3.20. The topological polar surface area (TPSA) is 90.9 Å². The van der Waals surface area contributed by atoms with Gasteiger partial charge in [0.05, 0.1) is 0 Å². The van der Waals surface area contributed by atoms with Crippen molar-refractivity contribution in [2.24, 2.45) is 10.9 Å². The number of amidine groups is 1. The second-order valence-corrected chi connectivity index (χ2v) is 4.98. The van der Waals surface area contributed by atoms with Crippen molar-refractivity contribution in [1.29, 1.82) is 0 Å². The van der Waals surface area contributed by atoms with Gasteiger partial charge in [-0.3, -0.25) is 4.90 Å². The first-order valence-corrected chi connectivity index (χ1v) is 6.58. The van der Waals surface area contributed by atoms with Crippen LogP contribution in [0.15, 0.2) is 17.4 Å². The molecule has 102 valence electrons. The quantitative estimate of drug-likeness (QED) is 0.341. The van der Waals surface area contributed by atoms with Gasteiger partial charge in [0, 0.05) is 38.4 Å². The van der Waals surface area contributed by atoms with Crippen LogP contribution in [-0.4, -0.2) is 58.1 Å². The lowest BCUT2D eigenvalue weighted by Gasteiger charge is -2.34. The van der Waals surface area contributed by atoms with Crippen molar-refractivity contribution in [3.05, 3.63) is 18.0 Å². The molecule has 3 N–H and O–H groups in total. The summed E-state index contributed by atoms with van der Waals surface area (Å²) in [5.74, 6) is 0.666. The van der Waals surface area contributed by atoms with E-state index in [4.69, 9.17) is 10.9 Å². The smallest absolute Gasteiger partial charge is 0.226 e. The van der Waals surface area contributed by atoms with E-state index in [1.54, 1.807) is 12.3 Å². The maximum absolute atomic E-state index is 8.67. The number of piperazine rings is 1. The van der Waals surface area contributed by atoms with Gasteiger partial charge in [0.15, 0.2) is 5.84 Å². The molecular formula is C12H18N6O. The van der Waals surface area contributed by atoms with Crippen molar-refractivity contribution in [3.8, 4) is 0 Å². The molecule has 0 radical (unpaired) electrons. The van der Waals surface area contributed by atoms with E-state index in [-0.39, 0.29) is 5.84 Å². The molecule has 0 atom stereocenters.